The van der Waals surface area contributed by atoms with Gasteiger partial charge in [0.2, 0.25) is 0 Å². The van der Waals surface area contributed by atoms with E-state index in [1.54, 1.807) is 0 Å². The lowest BCUT2D eigenvalue weighted by Crippen LogP contribution is -2.16. The number of hydrogen-bond donors (Lipinski definition) is 0. The molecule has 0 saturated carbocycles. The fraction of sp³-hybridized carbons (Fsp3) is 0.0476. The maximum Gasteiger partial charge on any atom is 0.0541 e. The van der Waals surface area contributed by atoms with Gasteiger partial charge in [-0.2, -0.15) is 0 Å². The van der Waals surface area contributed by atoms with Crippen molar-refractivity contribution in [3.63, 3.8) is 0 Å². The third-order valence-electron chi connectivity index (χ3n) is 13.6. The summed E-state index contributed by atoms with van der Waals surface area (Å²) in [5.41, 5.74) is 21.9. The molecule has 1 aliphatic carbocycles. The third kappa shape index (κ3) is 6.65. The minimum absolute atomic E-state index is 0.150. The molecule has 0 radical (unpaired) electrons. The van der Waals surface area contributed by atoms with Gasteiger partial charge in [0.15, 0.2) is 0 Å². The Balaban J connectivity index is 0.865. The second-order valence-corrected chi connectivity index (χ2v) is 17.8. The Morgan fingerprint density at radius 1 is 0.308 bits per heavy atom. The van der Waals surface area contributed by atoms with Gasteiger partial charge in [-0.1, -0.05) is 178 Å². The molecule has 0 unspecified atom stereocenters. The molecule has 0 atom stereocenters. The molecular formula is C63H46N2. The van der Waals surface area contributed by atoms with Gasteiger partial charge in [0.05, 0.1) is 11.0 Å². The van der Waals surface area contributed by atoms with E-state index in [1.807, 2.05) is 0 Å². The quantitative estimate of drug-likeness (QED) is 0.148. The molecule has 1 aliphatic rings. The molecule has 65 heavy (non-hydrogen) atoms. The van der Waals surface area contributed by atoms with Gasteiger partial charge in [0.1, 0.15) is 0 Å². The molecule has 1 aromatic heterocycles. The molecular weight excluding hydrogens is 785 g/mol. The van der Waals surface area contributed by atoms with Crippen LogP contribution in [0.4, 0.5) is 17.1 Å². The molecule has 0 aliphatic heterocycles. The lowest BCUT2D eigenvalue weighted by atomic mass is 9.81. The number of benzene rings is 10. The van der Waals surface area contributed by atoms with Crippen molar-refractivity contribution in [2.45, 2.75) is 19.3 Å². The van der Waals surface area contributed by atoms with Crippen LogP contribution in [0.5, 0.6) is 0 Å². The Kier molecular flexibility index (Phi) is 9.21. The molecule has 308 valence electrons. The Bertz CT molecular complexity index is 3510. The Morgan fingerprint density at radius 2 is 0.677 bits per heavy atom. The van der Waals surface area contributed by atoms with Crippen molar-refractivity contribution < 1.29 is 0 Å². The van der Waals surface area contributed by atoms with Crippen molar-refractivity contribution >= 4 is 38.9 Å². The third-order valence-corrected chi connectivity index (χ3v) is 13.6. The summed E-state index contributed by atoms with van der Waals surface area (Å²) >= 11 is 0. The van der Waals surface area contributed by atoms with E-state index >= 15 is 0 Å². The summed E-state index contributed by atoms with van der Waals surface area (Å²) in [6, 6.07) is 88.7. The fourth-order valence-corrected chi connectivity index (χ4v) is 10.2. The first-order valence-corrected chi connectivity index (χ1v) is 22.6. The molecule has 0 N–H and O–H groups in total. The van der Waals surface area contributed by atoms with Crippen LogP contribution in [0.3, 0.4) is 0 Å². The number of nitrogens with zero attached hydrogens (tertiary/aromatic N) is 2. The fourth-order valence-electron chi connectivity index (χ4n) is 10.2. The highest BCUT2D eigenvalue weighted by Gasteiger charge is 2.36. The van der Waals surface area contributed by atoms with E-state index in [0.29, 0.717) is 0 Å². The summed E-state index contributed by atoms with van der Waals surface area (Å²) in [5, 5.41) is 2.50. The Hall–Kier alpha value is -8.20. The highest BCUT2D eigenvalue weighted by Crippen LogP contribution is 2.52. The largest absolute Gasteiger partial charge is 0.310 e. The maximum atomic E-state index is 2.41. The number of hydrogen-bond acceptors (Lipinski definition) is 1. The van der Waals surface area contributed by atoms with E-state index in [2.05, 4.69) is 266 Å². The summed E-state index contributed by atoms with van der Waals surface area (Å²) in [4.78, 5) is 2.38. The zero-order chi connectivity index (χ0) is 43.5. The minimum Gasteiger partial charge on any atom is -0.310 e. The molecule has 2 heteroatoms. The number of fused-ring (bicyclic) bond motifs is 6. The van der Waals surface area contributed by atoms with Crippen LogP contribution < -0.4 is 4.90 Å². The SMILES string of the molecule is CC1(C)c2cc(-c3ccccc3)ccc2-c2ccc(N(c3ccccc3)c3ccc(-c4ccc(-c5ccc6c(c5)c5cc(-c7ccccc7)ccc5n6-c5ccccc5)cc4)cc3)cc21. The van der Waals surface area contributed by atoms with Crippen LogP contribution in [0.1, 0.15) is 25.0 Å². The summed E-state index contributed by atoms with van der Waals surface area (Å²) in [6.07, 6.45) is 0. The second kappa shape index (κ2) is 15.6. The molecule has 2 nitrogen and oxygen atoms in total. The molecule has 1 heterocycles. The van der Waals surface area contributed by atoms with Gasteiger partial charge in [-0.25, -0.2) is 0 Å². The summed E-state index contributed by atoms with van der Waals surface area (Å²) in [5.74, 6) is 0. The molecule has 0 spiro atoms. The van der Waals surface area contributed by atoms with E-state index in [0.717, 1.165) is 22.7 Å². The summed E-state index contributed by atoms with van der Waals surface area (Å²) in [7, 11) is 0. The highest BCUT2D eigenvalue weighted by atomic mass is 15.1. The lowest BCUT2D eigenvalue weighted by molar-refractivity contribution is 0.660. The maximum absolute atomic E-state index is 2.41. The summed E-state index contributed by atoms with van der Waals surface area (Å²) in [6.45, 7) is 4.74. The van der Waals surface area contributed by atoms with Crippen LogP contribution >= 0.6 is 0 Å². The highest BCUT2D eigenvalue weighted by molar-refractivity contribution is 6.11. The van der Waals surface area contributed by atoms with Gasteiger partial charge in [0.25, 0.3) is 0 Å². The number of para-hydroxylation sites is 2. The average molecular weight is 831 g/mol. The minimum atomic E-state index is -0.150. The monoisotopic (exact) mass is 830 g/mol. The standard InChI is InChI=1S/C63H46N2/c1-63(2)59-41-50(44-17-9-4-10-18-44)29-35-55(59)56-36-34-54(42-60(56)63)64(51-19-11-5-12-20-51)53-32-27-46(28-33-53)45-23-25-47(26-24-45)49-31-38-62-58(40-49)57-39-48(43-15-7-3-8-16-43)30-37-61(57)65(62)52-21-13-6-14-22-52/h3-42H,1-2H3. The van der Waals surface area contributed by atoms with E-state index in [4.69, 9.17) is 0 Å². The first-order chi connectivity index (χ1) is 32.0. The van der Waals surface area contributed by atoms with Gasteiger partial charge < -0.3 is 9.47 Å². The van der Waals surface area contributed by atoms with Crippen LogP contribution in [-0.4, -0.2) is 4.57 Å². The number of anilines is 3. The predicted molar refractivity (Wildman–Crippen MR) is 275 cm³/mol. The lowest BCUT2D eigenvalue weighted by Gasteiger charge is -2.28. The smallest absolute Gasteiger partial charge is 0.0541 e. The molecule has 0 amide bonds. The molecule has 11 aromatic rings. The van der Waals surface area contributed by atoms with Crippen LogP contribution in [0, 0.1) is 0 Å². The first kappa shape index (κ1) is 38.5. The Labute approximate surface area is 381 Å². The van der Waals surface area contributed by atoms with Crippen LogP contribution in [-0.2, 0) is 5.41 Å². The van der Waals surface area contributed by atoms with E-state index in [1.165, 1.54) is 88.6 Å². The van der Waals surface area contributed by atoms with E-state index in [9.17, 15) is 0 Å². The zero-order valence-electron chi connectivity index (χ0n) is 36.5. The predicted octanol–water partition coefficient (Wildman–Crippen LogP) is 17.2. The van der Waals surface area contributed by atoms with Crippen molar-refractivity contribution in [1.29, 1.82) is 0 Å². The Morgan fingerprint density at radius 3 is 1.23 bits per heavy atom. The van der Waals surface area contributed by atoms with Gasteiger partial charge in [-0.3, -0.25) is 0 Å². The molecule has 12 rings (SSSR count). The zero-order valence-corrected chi connectivity index (χ0v) is 36.5. The van der Waals surface area contributed by atoms with Crippen LogP contribution in [0.25, 0.3) is 83.1 Å². The summed E-state index contributed by atoms with van der Waals surface area (Å²) < 4.78 is 2.39. The molecule has 0 bridgehead atoms. The van der Waals surface area contributed by atoms with Crippen molar-refractivity contribution in [2.75, 3.05) is 4.90 Å². The second-order valence-electron chi connectivity index (χ2n) is 17.8. The van der Waals surface area contributed by atoms with Crippen molar-refractivity contribution in [2.24, 2.45) is 0 Å². The molecule has 0 saturated heterocycles. The molecule has 10 aromatic carbocycles. The normalized spacial score (nSPS) is 12.6. The van der Waals surface area contributed by atoms with Crippen molar-refractivity contribution in [3.8, 4) is 61.3 Å². The van der Waals surface area contributed by atoms with Gasteiger partial charge in [-0.05, 0) is 146 Å². The number of aromatic nitrogens is 1. The number of rotatable bonds is 8. The molecule has 0 fully saturated rings. The van der Waals surface area contributed by atoms with Crippen LogP contribution in [0.2, 0.25) is 0 Å². The first-order valence-electron chi connectivity index (χ1n) is 22.6. The van der Waals surface area contributed by atoms with Crippen LogP contribution in [0.15, 0.2) is 243 Å². The van der Waals surface area contributed by atoms with Crippen molar-refractivity contribution in [3.05, 3.63) is 254 Å². The van der Waals surface area contributed by atoms with Gasteiger partial charge in [0, 0.05) is 38.9 Å². The average Bonchev–Trinajstić information content (AvgIpc) is 3.82. The van der Waals surface area contributed by atoms with Crippen molar-refractivity contribution in [1.82, 2.24) is 4.57 Å². The topological polar surface area (TPSA) is 8.17 Å². The van der Waals surface area contributed by atoms with E-state index in [-0.39, 0.29) is 5.41 Å². The van der Waals surface area contributed by atoms with Gasteiger partial charge in [-0.15, -0.1) is 0 Å². The van der Waals surface area contributed by atoms with E-state index < -0.39 is 0 Å². The van der Waals surface area contributed by atoms with Gasteiger partial charge >= 0.3 is 0 Å².